The molecule has 21 heavy (non-hydrogen) atoms. The molecule has 6 heteroatoms. The van der Waals surface area contributed by atoms with Crippen LogP contribution in [0.4, 0.5) is 4.39 Å². The number of benzene rings is 1. The number of carbonyl (C=O) groups is 2. The van der Waals surface area contributed by atoms with Gasteiger partial charge in [0.05, 0.1) is 11.3 Å². The molecule has 0 unspecified atom stereocenters. The number of primary amides is 1. The number of fused-ring (bicyclic) bond motifs is 1. The van der Waals surface area contributed by atoms with Crippen molar-refractivity contribution in [2.45, 2.75) is 25.8 Å². The topological polar surface area (TPSA) is 78.0 Å². The van der Waals surface area contributed by atoms with Crippen molar-refractivity contribution in [3.63, 3.8) is 0 Å². The molecule has 1 aromatic carbocycles. The van der Waals surface area contributed by atoms with Crippen LogP contribution in [0.3, 0.4) is 0 Å². The van der Waals surface area contributed by atoms with E-state index < -0.39 is 5.91 Å². The predicted molar refractivity (Wildman–Crippen MR) is 74.1 cm³/mol. The predicted octanol–water partition coefficient (Wildman–Crippen LogP) is 1.69. The second kappa shape index (κ2) is 5.12. The Bertz CT molecular complexity index is 719. The standard InChI is InChI=1S/C15H14FN3O2/c16-10-6-4-9(5-7-10)15-14-11(2-1-3-12(14)20)19(18-15)8-13(17)21/h4-7H,1-3,8H2,(H2,17,21). The molecule has 0 saturated carbocycles. The third-order valence-electron chi connectivity index (χ3n) is 3.58. The van der Waals surface area contributed by atoms with Crippen molar-refractivity contribution in [1.82, 2.24) is 9.78 Å². The molecule has 5 nitrogen and oxygen atoms in total. The maximum Gasteiger partial charge on any atom is 0.239 e. The lowest BCUT2D eigenvalue weighted by Crippen LogP contribution is -2.22. The number of rotatable bonds is 3. The summed E-state index contributed by atoms with van der Waals surface area (Å²) < 4.78 is 14.5. The molecule has 2 aromatic rings. The van der Waals surface area contributed by atoms with Crippen LogP contribution in [0.2, 0.25) is 0 Å². The van der Waals surface area contributed by atoms with E-state index in [2.05, 4.69) is 5.10 Å². The summed E-state index contributed by atoms with van der Waals surface area (Å²) in [5.74, 6) is -0.856. The van der Waals surface area contributed by atoms with Crippen LogP contribution in [0.25, 0.3) is 11.3 Å². The largest absolute Gasteiger partial charge is 0.368 e. The number of nitrogens with two attached hydrogens (primary N) is 1. The van der Waals surface area contributed by atoms with Crippen LogP contribution in [0, 0.1) is 5.82 Å². The minimum atomic E-state index is -0.510. The summed E-state index contributed by atoms with van der Waals surface area (Å²) in [4.78, 5) is 23.4. The van der Waals surface area contributed by atoms with Crippen molar-refractivity contribution in [1.29, 1.82) is 0 Å². The average molecular weight is 287 g/mol. The number of hydrogen-bond donors (Lipinski definition) is 1. The molecule has 2 N–H and O–H groups in total. The summed E-state index contributed by atoms with van der Waals surface area (Å²) in [6, 6.07) is 5.80. The molecule has 0 saturated heterocycles. The molecule has 1 heterocycles. The normalized spacial score (nSPS) is 14.0. The molecule has 0 aliphatic heterocycles. The molecule has 1 amide bonds. The number of aromatic nitrogens is 2. The number of carbonyl (C=O) groups excluding carboxylic acids is 2. The summed E-state index contributed by atoms with van der Waals surface area (Å²) in [6.45, 7) is -0.0587. The molecule has 1 aliphatic rings. The quantitative estimate of drug-likeness (QED) is 0.933. The lowest BCUT2D eigenvalue weighted by Gasteiger charge is -2.12. The monoisotopic (exact) mass is 287 g/mol. The van der Waals surface area contributed by atoms with Gasteiger partial charge in [-0.15, -0.1) is 0 Å². The third-order valence-corrected chi connectivity index (χ3v) is 3.58. The molecular formula is C15H14FN3O2. The smallest absolute Gasteiger partial charge is 0.239 e. The summed E-state index contributed by atoms with van der Waals surface area (Å²) in [5, 5.41) is 4.35. The number of amides is 1. The van der Waals surface area contributed by atoms with Gasteiger partial charge in [-0.1, -0.05) is 0 Å². The fraction of sp³-hybridized carbons (Fsp3) is 0.267. The zero-order valence-corrected chi connectivity index (χ0v) is 11.3. The van der Waals surface area contributed by atoms with Gasteiger partial charge in [-0.25, -0.2) is 4.39 Å². The molecule has 108 valence electrons. The fourth-order valence-corrected chi connectivity index (χ4v) is 2.67. The highest BCUT2D eigenvalue weighted by molar-refractivity contribution is 6.03. The van der Waals surface area contributed by atoms with Crippen LogP contribution in [0.5, 0.6) is 0 Å². The van der Waals surface area contributed by atoms with E-state index in [1.54, 1.807) is 12.1 Å². The van der Waals surface area contributed by atoms with E-state index in [1.165, 1.54) is 16.8 Å². The molecular weight excluding hydrogens is 273 g/mol. The number of hydrogen-bond acceptors (Lipinski definition) is 3. The Kier molecular flexibility index (Phi) is 3.29. The van der Waals surface area contributed by atoms with E-state index in [0.717, 1.165) is 12.1 Å². The van der Waals surface area contributed by atoms with E-state index in [1.807, 2.05) is 0 Å². The van der Waals surface area contributed by atoms with Gasteiger partial charge < -0.3 is 5.73 Å². The molecule has 0 bridgehead atoms. The van der Waals surface area contributed by atoms with E-state index >= 15 is 0 Å². The number of ketones is 1. The summed E-state index contributed by atoms with van der Waals surface area (Å²) in [6.07, 6.45) is 1.88. The minimum absolute atomic E-state index is 0.00583. The molecule has 1 aromatic heterocycles. The van der Waals surface area contributed by atoms with Gasteiger partial charge in [-0.2, -0.15) is 5.10 Å². The Morgan fingerprint density at radius 3 is 2.67 bits per heavy atom. The Hall–Kier alpha value is -2.50. The first-order valence-electron chi connectivity index (χ1n) is 6.73. The first-order valence-corrected chi connectivity index (χ1v) is 6.73. The Morgan fingerprint density at radius 1 is 1.29 bits per heavy atom. The van der Waals surface area contributed by atoms with Crippen molar-refractivity contribution < 1.29 is 14.0 Å². The molecule has 0 radical (unpaired) electrons. The SMILES string of the molecule is NC(=O)Cn1nc(-c2ccc(F)cc2)c2c1CCCC2=O. The van der Waals surface area contributed by atoms with Crippen LogP contribution in [0.15, 0.2) is 24.3 Å². The highest BCUT2D eigenvalue weighted by Gasteiger charge is 2.27. The highest BCUT2D eigenvalue weighted by atomic mass is 19.1. The van der Waals surface area contributed by atoms with Crippen molar-refractivity contribution in [3.05, 3.63) is 41.3 Å². The van der Waals surface area contributed by atoms with Crippen molar-refractivity contribution in [3.8, 4) is 11.3 Å². The Labute approximate surface area is 120 Å². The summed E-state index contributed by atoms with van der Waals surface area (Å²) in [5.41, 5.74) is 7.66. The molecule has 0 atom stereocenters. The number of Topliss-reactive ketones (excluding diaryl/α,β-unsaturated/α-hetero) is 1. The second-order valence-electron chi connectivity index (χ2n) is 5.08. The Balaban J connectivity index is 2.15. The van der Waals surface area contributed by atoms with Gasteiger partial charge in [-0.05, 0) is 37.1 Å². The lowest BCUT2D eigenvalue weighted by molar-refractivity contribution is -0.118. The maximum atomic E-state index is 13.0. The average Bonchev–Trinajstić information content (AvgIpc) is 2.79. The molecule has 0 spiro atoms. The van der Waals surface area contributed by atoms with E-state index in [4.69, 9.17) is 5.73 Å². The fourth-order valence-electron chi connectivity index (χ4n) is 2.67. The molecule has 0 fully saturated rings. The van der Waals surface area contributed by atoms with Crippen molar-refractivity contribution >= 4 is 11.7 Å². The zero-order valence-electron chi connectivity index (χ0n) is 11.3. The van der Waals surface area contributed by atoms with E-state index in [0.29, 0.717) is 29.7 Å². The molecule has 3 rings (SSSR count). The first kappa shape index (κ1) is 13.5. The maximum absolute atomic E-state index is 13.0. The zero-order chi connectivity index (χ0) is 15.0. The van der Waals surface area contributed by atoms with Crippen molar-refractivity contribution in [2.75, 3.05) is 0 Å². The Morgan fingerprint density at radius 2 is 2.00 bits per heavy atom. The van der Waals surface area contributed by atoms with E-state index in [-0.39, 0.29) is 18.1 Å². The van der Waals surface area contributed by atoms with Crippen LogP contribution < -0.4 is 5.73 Å². The van der Waals surface area contributed by atoms with Crippen LogP contribution >= 0.6 is 0 Å². The number of halogens is 1. The van der Waals surface area contributed by atoms with Gasteiger partial charge in [0.2, 0.25) is 5.91 Å². The van der Waals surface area contributed by atoms with Gasteiger partial charge in [-0.3, -0.25) is 14.3 Å². The van der Waals surface area contributed by atoms with Gasteiger partial charge in [0.1, 0.15) is 18.1 Å². The minimum Gasteiger partial charge on any atom is -0.368 e. The van der Waals surface area contributed by atoms with Crippen LogP contribution in [-0.4, -0.2) is 21.5 Å². The lowest BCUT2D eigenvalue weighted by atomic mass is 9.92. The van der Waals surface area contributed by atoms with Crippen molar-refractivity contribution in [2.24, 2.45) is 5.73 Å². The first-order chi connectivity index (χ1) is 10.1. The summed E-state index contributed by atoms with van der Waals surface area (Å²) in [7, 11) is 0. The summed E-state index contributed by atoms with van der Waals surface area (Å²) >= 11 is 0. The second-order valence-corrected chi connectivity index (χ2v) is 5.08. The highest BCUT2D eigenvalue weighted by Crippen LogP contribution is 2.31. The molecule has 1 aliphatic carbocycles. The van der Waals surface area contributed by atoms with E-state index in [9.17, 15) is 14.0 Å². The van der Waals surface area contributed by atoms with Gasteiger partial charge >= 0.3 is 0 Å². The van der Waals surface area contributed by atoms with Gasteiger partial charge in [0.25, 0.3) is 0 Å². The van der Waals surface area contributed by atoms with Gasteiger partial charge in [0.15, 0.2) is 5.78 Å². The van der Waals surface area contributed by atoms with Crippen LogP contribution in [0.1, 0.15) is 28.9 Å². The third kappa shape index (κ3) is 2.44. The number of nitrogens with zero attached hydrogens (tertiary/aromatic N) is 2. The van der Waals surface area contributed by atoms with Crippen LogP contribution in [-0.2, 0) is 17.8 Å². The van der Waals surface area contributed by atoms with Gasteiger partial charge in [0, 0.05) is 12.0 Å².